The normalized spacial score (nSPS) is 24.0. The van der Waals surface area contributed by atoms with Gasteiger partial charge >= 0.3 is 12.0 Å². The average Bonchev–Trinajstić information content (AvgIpc) is 2.26. The van der Waals surface area contributed by atoms with Crippen LogP contribution in [0.4, 0.5) is 4.79 Å². The Labute approximate surface area is 112 Å². The van der Waals surface area contributed by atoms with Crippen molar-refractivity contribution in [2.75, 3.05) is 25.1 Å². The summed E-state index contributed by atoms with van der Waals surface area (Å²) in [6.07, 6.45) is 2.61. The van der Waals surface area contributed by atoms with Crippen molar-refractivity contribution in [2.24, 2.45) is 5.92 Å². The Morgan fingerprint density at radius 1 is 1.42 bits per heavy atom. The van der Waals surface area contributed by atoms with Gasteiger partial charge < -0.3 is 15.3 Å². The fourth-order valence-electron chi connectivity index (χ4n) is 2.24. The topological polar surface area (TPSA) is 104 Å². The second-order valence-corrected chi connectivity index (χ2v) is 7.22. The van der Waals surface area contributed by atoms with Gasteiger partial charge in [0, 0.05) is 19.3 Å². The molecule has 0 radical (unpaired) electrons. The third-order valence-electron chi connectivity index (χ3n) is 3.20. The number of carboxylic acid groups (broad SMARTS) is 1. The summed E-state index contributed by atoms with van der Waals surface area (Å²) in [5, 5.41) is 11.6. The monoisotopic (exact) mass is 292 g/mol. The first-order valence-electron chi connectivity index (χ1n) is 6.17. The van der Waals surface area contributed by atoms with E-state index in [0.29, 0.717) is 6.54 Å². The maximum Gasteiger partial charge on any atom is 0.326 e. The highest BCUT2D eigenvalue weighted by Crippen LogP contribution is 2.23. The van der Waals surface area contributed by atoms with E-state index >= 15 is 0 Å². The van der Waals surface area contributed by atoms with Crippen LogP contribution in [0, 0.1) is 5.92 Å². The van der Waals surface area contributed by atoms with Crippen LogP contribution in [0.25, 0.3) is 0 Å². The summed E-state index contributed by atoms with van der Waals surface area (Å²) in [7, 11) is -3.14. The van der Waals surface area contributed by atoms with Gasteiger partial charge in [-0.05, 0) is 18.8 Å². The van der Waals surface area contributed by atoms with Crippen LogP contribution in [0.1, 0.15) is 19.8 Å². The zero-order valence-corrected chi connectivity index (χ0v) is 11.9. The number of likely N-dealkylation sites (tertiary alicyclic amines) is 1. The van der Waals surface area contributed by atoms with E-state index in [9.17, 15) is 18.0 Å². The predicted octanol–water partition coefficient (Wildman–Crippen LogP) is -0.0743. The van der Waals surface area contributed by atoms with Gasteiger partial charge in [0.2, 0.25) is 0 Å². The molecule has 0 aromatic carbocycles. The third kappa shape index (κ3) is 4.70. The van der Waals surface area contributed by atoms with Gasteiger partial charge in [-0.3, -0.25) is 0 Å². The first kappa shape index (κ1) is 15.7. The fourth-order valence-corrected chi connectivity index (χ4v) is 2.71. The van der Waals surface area contributed by atoms with Gasteiger partial charge in [-0.25, -0.2) is 18.0 Å². The van der Waals surface area contributed by atoms with Crippen molar-refractivity contribution in [2.45, 2.75) is 25.8 Å². The molecule has 0 saturated carbocycles. The number of amides is 2. The largest absolute Gasteiger partial charge is 0.480 e. The summed E-state index contributed by atoms with van der Waals surface area (Å²) < 4.78 is 21.9. The third-order valence-corrected chi connectivity index (χ3v) is 4.14. The minimum Gasteiger partial charge on any atom is -0.480 e. The van der Waals surface area contributed by atoms with Crippen LogP contribution in [0.15, 0.2) is 0 Å². The van der Waals surface area contributed by atoms with E-state index < -0.39 is 27.9 Å². The van der Waals surface area contributed by atoms with Gasteiger partial charge in [0.25, 0.3) is 0 Å². The van der Waals surface area contributed by atoms with Crippen LogP contribution in [-0.4, -0.2) is 61.6 Å². The lowest BCUT2D eigenvalue weighted by atomic mass is 9.91. The molecule has 1 aliphatic heterocycles. The summed E-state index contributed by atoms with van der Waals surface area (Å²) in [5.41, 5.74) is 0. The van der Waals surface area contributed by atoms with E-state index in [-0.39, 0.29) is 18.2 Å². The molecule has 0 aromatic heterocycles. The molecule has 8 heteroatoms. The Kier molecular flexibility index (Phi) is 5.16. The second-order valence-electron chi connectivity index (χ2n) is 4.96. The Morgan fingerprint density at radius 2 is 2.05 bits per heavy atom. The van der Waals surface area contributed by atoms with Crippen molar-refractivity contribution in [1.29, 1.82) is 0 Å². The lowest BCUT2D eigenvalue weighted by Gasteiger charge is -2.37. The quantitative estimate of drug-likeness (QED) is 0.754. The Hall–Kier alpha value is -1.31. The number of hydrogen-bond donors (Lipinski definition) is 2. The first-order chi connectivity index (χ1) is 8.72. The lowest BCUT2D eigenvalue weighted by molar-refractivity contribution is -0.145. The number of nitrogens with zero attached hydrogens (tertiary/aromatic N) is 1. The molecule has 2 amide bonds. The zero-order chi connectivity index (χ0) is 14.6. The molecule has 7 nitrogen and oxygen atoms in total. The number of nitrogens with one attached hydrogen (secondary N) is 1. The van der Waals surface area contributed by atoms with Crippen molar-refractivity contribution in [3.8, 4) is 0 Å². The summed E-state index contributed by atoms with van der Waals surface area (Å²) in [6.45, 7) is 2.18. The van der Waals surface area contributed by atoms with Crippen molar-refractivity contribution >= 4 is 21.8 Å². The molecule has 0 bridgehead atoms. The minimum absolute atomic E-state index is 0.00507. The van der Waals surface area contributed by atoms with Gasteiger partial charge in [0.05, 0.1) is 5.75 Å². The summed E-state index contributed by atoms with van der Waals surface area (Å²) >= 11 is 0. The van der Waals surface area contributed by atoms with Crippen LogP contribution in [-0.2, 0) is 14.6 Å². The highest BCUT2D eigenvalue weighted by molar-refractivity contribution is 7.90. The van der Waals surface area contributed by atoms with Gasteiger partial charge in [-0.1, -0.05) is 6.92 Å². The molecular formula is C11H20N2O5S. The molecule has 0 aromatic rings. The molecule has 0 spiro atoms. The molecule has 2 unspecified atom stereocenters. The molecule has 1 aliphatic rings. The maximum atomic E-state index is 11.9. The van der Waals surface area contributed by atoms with Crippen LogP contribution < -0.4 is 5.32 Å². The Balaban J connectivity index is 2.61. The van der Waals surface area contributed by atoms with E-state index in [1.54, 1.807) is 6.92 Å². The fraction of sp³-hybridized carbons (Fsp3) is 0.818. The van der Waals surface area contributed by atoms with Gasteiger partial charge in [-0.2, -0.15) is 0 Å². The van der Waals surface area contributed by atoms with Gasteiger partial charge in [0.15, 0.2) is 0 Å². The zero-order valence-electron chi connectivity index (χ0n) is 11.1. The first-order valence-corrected chi connectivity index (χ1v) is 8.23. The van der Waals surface area contributed by atoms with Crippen LogP contribution in [0.2, 0.25) is 0 Å². The number of carboxylic acids is 1. The molecule has 1 rings (SSSR count). The van der Waals surface area contributed by atoms with E-state index in [1.807, 2.05) is 0 Å². The summed E-state index contributed by atoms with van der Waals surface area (Å²) in [4.78, 5) is 24.4. The highest BCUT2D eigenvalue weighted by Gasteiger charge is 2.36. The Bertz CT molecular complexity index is 448. The summed E-state index contributed by atoms with van der Waals surface area (Å²) in [6, 6.07) is -1.35. The minimum atomic E-state index is -3.14. The van der Waals surface area contributed by atoms with Crippen LogP contribution in [0.5, 0.6) is 0 Å². The number of sulfone groups is 1. The maximum absolute atomic E-state index is 11.9. The van der Waals surface area contributed by atoms with E-state index in [1.165, 1.54) is 4.90 Å². The average molecular weight is 292 g/mol. The number of aliphatic carboxylic acids is 1. The predicted molar refractivity (Wildman–Crippen MR) is 69.6 cm³/mol. The van der Waals surface area contributed by atoms with Crippen molar-refractivity contribution in [1.82, 2.24) is 10.2 Å². The molecule has 2 atom stereocenters. The second kappa shape index (κ2) is 6.23. The van der Waals surface area contributed by atoms with Gasteiger partial charge in [-0.15, -0.1) is 0 Å². The van der Waals surface area contributed by atoms with Crippen molar-refractivity contribution in [3.63, 3.8) is 0 Å². The van der Waals surface area contributed by atoms with E-state index in [2.05, 4.69) is 5.32 Å². The number of hydrogen-bond acceptors (Lipinski definition) is 4. The molecule has 1 heterocycles. The Morgan fingerprint density at radius 3 is 2.58 bits per heavy atom. The standard InChI is InChI=1S/C11H20N2O5S/c1-8-4-3-6-13(9(8)10(14)15)11(16)12-5-7-19(2,17)18/h8-9H,3-7H2,1-2H3,(H,12,16)(H,14,15). The SMILES string of the molecule is CC1CCCN(C(=O)NCCS(C)(=O)=O)C1C(=O)O. The number of carbonyl (C=O) groups is 2. The van der Waals surface area contributed by atoms with Crippen molar-refractivity contribution < 1.29 is 23.1 Å². The van der Waals surface area contributed by atoms with Crippen molar-refractivity contribution in [3.05, 3.63) is 0 Å². The lowest BCUT2D eigenvalue weighted by Crippen LogP contribution is -2.55. The number of carbonyl (C=O) groups excluding carboxylic acids is 1. The number of piperidine rings is 1. The highest BCUT2D eigenvalue weighted by atomic mass is 32.2. The molecule has 19 heavy (non-hydrogen) atoms. The molecular weight excluding hydrogens is 272 g/mol. The molecule has 1 saturated heterocycles. The number of rotatable bonds is 4. The van der Waals surface area contributed by atoms with Crippen LogP contribution in [0.3, 0.4) is 0 Å². The molecule has 0 aliphatic carbocycles. The van der Waals surface area contributed by atoms with E-state index in [4.69, 9.17) is 5.11 Å². The van der Waals surface area contributed by atoms with Crippen LogP contribution >= 0.6 is 0 Å². The smallest absolute Gasteiger partial charge is 0.326 e. The summed E-state index contributed by atoms with van der Waals surface area (Å²) in [5.74, 6) is -1.28. The van der Waals surface area contributed by atoms with E-state index in [0.717, 1.165) is 19.1 Å². The number of urea groups is 1. The molecule has 1 fully saturated rings. The van der Waals surface area contributed by atoms with Gasteiger partial charge in [0.1, 0.15) is 15.9 Å². The molecule has 2 N–H and O–H groups in total. The molecule has 110 valence electrons.